The van der Waals surface area contributed by atoms with Crippen LogP contribution in [0.25, 0.3) is 0 Å². The standard InChI is InChI=1S/C18H19Cl2NO4S/c1-3-21(4-2)26(23,24)16-7-5-6-13(10-16)18(22)25-12-14-8-9-15(19)11-17(14)20/h5-11H,3-4,12H2,1-2H3. The van der Waals surface area contributed by atoms with Crippen molar-refractivity contribution in [1.82, 2.24) is 4.31 Å². The Morgan fingerprint density at radius 1 is 1.08 bits per heavy atom. The van der Waals surface area contributed by atoms with Crippen molar-refractivity contribution in [3.05, 3.63) is 63.6 Å². The molecule has 5 nitrogen and oxygen atoms in total. The summed E-state index contributed by atoms with van der Waals surface area (Å²) < 4.78 is 31.7. The third kappa shape index (κ3) is 4.76. The highest BCUT2D eigenvalue weighted by Gasteiger charge is 2.22. The molecule has 2 aromatic carbocycles. The average molecular weight is 416 g/mol. The number of nitrogens with zero attached hydrogens (tertiary/aromatic N) is 1. The van der Waals surface area contributed by atoms with Gasteiger partial charge in [-0.2, -0.15) is 4.31 Å². The van der Waals surface area contributed by atoms with Crippen molar-refractivity contribution in [2.75, 3.05) is 13.1 Å². The Bertz CT molecular complexity index is 896. The summed E-state index contributed by atoms with van der Waals surface area (Å²) in [5.74, 6) is -0.632. The molecular formula is C18H19Cl2NO4S. The molecule has 0 aliphatic rings. The highest BCUT2D eigenvalue weighted by molar-refractivity contribution is 7.89. The predicted octanol–water partition coefficient (Wildman–Crippen LogP) is 4.38. The molecule has 0 N–H and O–H groups in total. The first-order valence-corrected chi connectivity index (χ1v) is 10.2. The molecule has 0 heterocycles. The number of ether oxygens (including phenoxy) is 1. The Labute approximate surface area is 163 Å². The molecular weight excluding hydrogens is 397 g/mol. The largest absolute Gasteiger partial charge is 0.457 e. The van der Waals surface area contributed by atoms with E-state index in [1.807, 2.05) is 0 Å². The van der Waals surface area contributed by atoms with Crippen LogP contribution in [0.4, 0.5) is 0 Å². The summed E-state index contributed by atoms with van der Waals surface area (Å²) in [5.41, 5.74) is 0.764. The van der Waals surface area contributed by atoms with Gasteiger partial charge in [-0.1, -0.05) is 49.2 Å². The summed E-state index contributed by atoms with van der Waals surface area (Å²) in [6.07, 6.45) is 0. The zero-order chi connectivity index (χ0) is 19.3. The van der Waals surface area contributed by atoms with Crippen LogP contribution in [0, 0.1) is 0 Å². The van der Waals surface area contributed by atoms with Gasteiger partial charge in [-0.25, -0.2) is 13.2 Å². The fraction of sp³-hybridized carbons (Fsp3) is 0.278. The quantitative estimate of drug-likeness (QED) is 0.629. The normalized spacial score (nSPS) is 11.6. The number of esters is 1. The van der Waals surface area contributed by atoms with Crippen LogP contribution in [0.3, 0.4) is 0 Å². The van der Waals surface area contributed by atoms with E-state index in [-0.39, 0.29) is 17.1 Å². The van der Waals surface area contributed by atoms with Crippen LogP contribution in [0.2, 0.25) is 10.0 Å². The zero-order valence-electron chi connectivity index (χ0n) is 14.4. The molecule has 2 rings (SSSR count). The van der Waals surface area contributed by atoms with E-state index in [0.29, 0.717) is 28.7 Å². The van der Waals surface area contributed by atoms with Gasteiger partial charge in [-0.05, 0) is 30.3 Å². The minimum Gasteiger partial charge on any atom is -0.457 e. The molecule has 0 bridgehead atoms. The fourth-order valence-corrected chi connectivity index (χ4v) is 4.33. The number of sulfonamides is 1. The van der Waals surface area contributed by atoms with Gasteiger partial charge in [0.15, 0.2) is 0 Å². The Balaban J connectivity index is 2.17. The van der Waals surface area contributed by atoms with Crippen LogP contribution >= 0.6 is 23.2 Å². The fourth-order valence-electron chi connectivity index (χ4n) is 2.36. The molecule has 0 radical (unpaired) electrons. The SMILES string of the molecule is CCN(CC)S(=O)(=O)c1cccc(C(=O)OCc2ccc(Cl)cc2Cl)c1. The molecule has 8 heteroatoms. The first-order valence-electron chi connectivity index (χ1n) is 8.00. The van der Waals surface area contributed by atoms with E-state index in [1.54, 1.807) is 32.0 Å². The van der Waals surface area contributed by atoms with Crippen molar-refractivity contribution >= 4 is 39.2 Å². The van der Waals surface area contributed by atoms with E-state index < -0.39 is 16.0 Å². The number of hydrogen-bond donors (Lipinski definition) is 0. The number of hydrogen-bond acceptors (Lipinski definition) is 4. The smallest absolute Gasteiger partial charge is 0.338 e. The first kappa shape index (κ1) is 20.7. The lowest BCUT2D eigenvalue weighted by Crippen LogP contribution is -2.30. The molecule has 0 aliphatic heterocycles. The lowest BCUT2D eigenvalue weighted by Gasteiger charge is -2.18. The van der Waals surface area contributed by atoms with Crippen molar-refractivity contribution in [1.29, 1.82) is 0 Å². The molecule has 0 saturated carbocycles. The van der Waals surface area contributed by atoms with Gasteiger partial charge in [0.2, 0.25) is 10.0 Å². The molecule has 140 valence electrons. The van der Waals surface area contributed by atoms with Crippen LogP contribution in [-0.2, 0) is 21.4 Å². The summed E-state index contributed by atoms with van der Waals surface area (Å²) in [6.45, 7) is 4.18. The highest BCUT2D eigenvalue weighted by Crippen LogP contribution is 2.22. The van der Waals surface area contributed by atoms with Crippen LogP contribution in [0.1, 0.15) is 29.8 Å². The van der Waals surface area contributed by atoms with Crippen LogP contribution in [-0.4, -0.2) is 31.8 Å². The maximum atomic E-state index is 12.6. The molecule has 0 atom stereocenters. The molecule has 0 aromatic heterocycles. The number of carbonyl (C=O) groups excluding carboxylic acids is 1. The summed E-state index contributed by atoms with van der Waals surface area (Å²) >= 11 is 11.9. The third-order valence-electron chi connectivity index (χ3n) is 3.79. The second-order valence-electron chi connectivity index (χ2n) is 5.43. The van der Waals surface area contributed by atoms with Gasteiger partial charge in [0, 0.05) is 28.7 Å². The Morgan fingerprint density at radius 3 is 2.38 bits per heavy atom. The van der Waals surface area contributed by atoms with Crippen LogP contribution < -0.4 is 0 Å². The minimum absolute atomic E-state index is 0.0398. The Kier molecular flexibility index (Phi) is 7.06. The molecule has 0 fully saturated rings. The van der Waals surface area contributed by atoms with Gasteiger partial charge in [0.05, 0.1) is 10.5 Å². The van der Waals surface area contributed by atoms with Gasteiger partial charge in [-0.3, -0.25) is 0 Å². The van der Waals surface area contributed by atoms with Crippen LogP contribution in [0.5, 0.6) is 0 Å². The van der Waals surface area contributed by atoms with E-state index in [1.165, 1.54) is 28.6 Å². The van der Waals surface area contributed by atoms with Gasteiger partial charge < -0.3 is 4.74 Å². The summed E-state index contributed by atoms with van der Waals surface area (Å²) in [5, 5.41) is 0.877. The molecule has 0 amide bonds. The summed E-state index contributed by atoms with van der Waals surface area (Å²) in [4.78, 5) is 12.3. The monoisotopic (exact) mass is 415 g/mol. The van der Waals surface area contributed by atoms with Gasteiger partial charge >= 0.3 is 5.97 Å². The van der Waals surface area contributed by atoms with Gasteiger partial charge in [0.1, 0.15) is 6.61 Å². The number of carbonyl (C=O) groups is 1. The van der Waals surface area contributed by atoms with E-state index in [4.69, 9.17) is 27.9 Å². The molecule has 0 saturated heterocycles. The van der Waals surface area contributed by atoms with E-state index >= 15 is 0 Å². The second kappa shape index (κ2) is 8.86. The number of halogens is 2. The van der Waals surface area contributed by atoms with Gasteiger partial charge in [0.25, 0.3) is 0 Å². The second-order valence-corrected chi connectivity index (χ2v) is 8.21. The van der Waals surface area contributed by atoms with E-state index in [9.17, 15) is 13.2 Å². The molecule has 2 aromatic rings. The molecule has 0 spiro atoms. The Morgan fingerprint density at radius 2 is 1.77 bits per heavy atom. The van der Waals surface area contributed by atoms with Crippen molar-refractivity contribution < 1.29 is 17.9 Å². The first-order chi connectivity index (χ1) is 12.3. The molecule has 0 unspecified atom stereocenters. The predicted molar refractivity (Wildman–Crippen MR) is 102 cm³/mol. The topological polar surface area (TPSA) is 63.7 Å². The Hall–Kier alpha value is -1.60. The number of rotatable bonds is 7. The van der Waals surface area contributed by atoms with Crippen LogP contribution in [0.15, 0.2) is 47.4 Å². The minimum atomic E-state index is -3.65. The van der Waals surface area contributed by atoms with E-state index in [2.05, 4.69) is 0 Å². The van der Waals surface area contributed by atoms with Gasteiger partial charge in [-0.15, -0.1) is 0 Å². The van der Waals surface area contributed by atoms with Crippen molar-refractivity contribution in [2.24, 2.45) is 0 Å². The lowest BCUT2D eigenvalue weighted by molar-refractivity contribution is 0.0472. The molecule has 26 heavy (non-hydrogen) atoms. The summed E-state index contributed by atoms with van der Waals surface area (Å²) in [7, 11) is -3.65. The maximum absolute atomic E-state index is 12.6. The van der Waals surface area contributed by atoms with E-state index in [0.717, 1.165) is 0 Å². The van der Waals surface area contributed by atoms with Crippen molar-refractivity contribution in [3.63, 3.8) is 0 Å². The maximum Gasteiger partial charge on any atom is 0.338 e. The van der Waals surface area contributed by atoms with Crippen molar-refractivity contribution in [3.8, 4) is 0 Å². The highest BCUT2D eigenvalue weighted by atomic mass is 35.5. The zero-order valence-corrected chi connectivity index (χ0v) is 16.7. The molecule has 0 aliphatic carbocycles. The summed E-state index contributed by atoms with van der Waals surface area (Å²) in [6, 6.07) is 10.7. The lowest BCUT2D eigenvalue weighted by atomic mass is 10.2. The number of benzene rings is 2. The average Bonchev–Trinajstić information content (AvgIpc) is 2.61. The third-order valence-corrected chi connectivity index (χ3v) is 6.42. The van der Waals surface area contributed by atoms with Crippen molar-refractivity contribution in [2.45, 2.75) is 25.3 Å².